The number of hydrogen-bond acceptors (Lipinski definition) is 6. The zero-order valence-corrected chi connectivity index (χ0v) is 20.3. The molecule has 1 saturated heterocycles. The number of carbonyl (C=O) groups is 2. The summed E-state index contributed by atoms with van der Waals surface area (Å²) in [4.78, 5) is 26.2. The van der Waals surface area contributed by atoms with Crippen LogP contribution in [0.5, 0.6) is 5.75 Å². The van der Waals surface area contributed by atoms with Crippen LogP contribution in [-0.4, -0.2) is 49.4 Å². The van der Waals surface area contributed by atoms with Gasteiger partial charge in [-0.2, -0.15) is 5.26 Å². The number of likely N-dealkylation sites (tertiary alicyclic amines) is 1. The van der Waals surface area contributed by atoms with E-state index in [1.54, 1.807) is 29.2 Å². The fraction of sp³-hybridized carbons (Fsp3) is 0.444. The van der Waals surface area contributed by atoms with Gasteiger partial charge in [0.1, 0.15) is 11.4 Å². The summed E-state index contributed by atoms with van der Waals surface area (Å²) in [5, 5.41) is 9.20. The van der Waals surface area contributed by atoms with Crippen LogP contribution in [0.1, 0.15) is 56.0 Å². The standard InChI is InChI=1S/C27H32N2O5/c1-27(2,3)34-26(31)29-11-8-19(9-12-29)10-13-33-24-16-22(15-23(17-24)25(30)32-4)21-7-5-6-20(14-21)18-28/h5-7,14-17,19H,8-13H2,1-4H3. The van der Waals surface area contributed by atoms with Crippen molar-refractivity contribution in [2.24, 2.45) is 5.92 Å². The van der Waals surface area contributed by atoms with E-state index in [0.717, 1.165) is 30.4 Å². The number of esters is 1. The van der Waals surface area contributed by atoms with Gasteiger partial charge in [-0.25, -0.2) is 9.59 Å². The molecule has 34 heavy (non-hydrogen) atoms. The smallest absolute Gasteiger partial charge is 0.410 e. The Morgan fingerprint density at radius 1 is 1.09 bits per heavy atom. The molecule has 2 aromatic rings. The highest BCUT2D eigenvalue weighted by Crippen LogP contribution is 2.28. The second-order valence-electron chi connectivity index (χ2n) is 9.48. The van der Waals surface area contributed by atoms with Gasteiger partial charge in [0.2, 0.25) is 0 Å². The number of benzene rings is 2. The minimum Gasteiger partial charge on any atom is -0.494 e. The van der Waals surface area contributed by atoms with Crippen LogP contribution in [-0.2, 0) is 9.47 Å². The average molecular weight is 465 g/mol. The Bertz CT molecular complexity index is 1060. The molecule has 1 amide bonds. The summed E-state index contributed by atoms with van der Waals surface area (Å²) in [6.45, 7) is 7.47. The Hall–Kier alpha value is -3.53. The van der Waals surface area contributed by atoms with Crippen molar-refractivity contribution in [1.82, 2.24) is 4.90 Å². The molecular weight excluding hydrogens is 432 g/mol. The third-order valence-corrected chi connectivity index (χ3v) is 5.71. The molecule has 7 nitrogen and oxygen atoms in total. The molecule has 1 aliphatic rings. The first-order chi connectivity index (χ1) is 16.2. The molecule has 0 saturated carbocycles. The molecule has 180 valence electrons. The van der Waals surface area contributed by atoms with Crippen LogP contribution >= 0.6 is 0 Å². The third-order valence-electron chi connectivity index (χ3n) is 5.71. The van der Waals surface area contributed by atoms with Crippen molar-refractivity contribution in [3.63, 3.8) is 0 Å². The number of ether oxygens (including phenoxy) is 3. The number of nitrogens with zero attached hydrogens (tertiary/aromatic N) is 2. The summed E-state index contributed by atoms with van der Waals surface area (Å²) >= 11 is 0. The lowest BCUT2D eigenvalue weighted by atomic mass is 9.94. The van der Waals surface area contributed by atoms with Crippen molar-refractivity contribution in [1.29, 1.82) is 5.26 Å². The molecule has 0 aromatic heterocycles. The maximum absolute atomic E-state index is 12.2. The van der Waals surface area contributed by atoms with Crippen LogP contribution in [0.3, 0.4) is 0 Å². The Morgan fingerprint density at radius 2 is 1.82 bits per heavy atom. The molecule has 2 aromatic carbocycles. The highest BCUT2D eigenvalue weighted by molar-refractivity contribution is 5.91. The number of nitriles is 1. The van der Waals surface area contributed by atoms with E-state index in [1.807, 2.05) is 39.0 Å². The number of hydrogen-bond donors (Lipinski definition) is 0. The first-order valence-electron chi connectivity index (χ1n) is 11.5. The maximum atomic E-state index is 12.2. The quantitative estimate of drug-likeness (QED) is 0.530. The lowest BCUT2D eigenvalue weighted by molar-refractivity contribution is 0.0177. The second-order valence-corrected chi connectivity index (χ2v) is 9.48. The maximum Gasteiger partial charge on any atom is 0.410 e. The fourth-order valence-corrected chi connectivity index (χ4v) is 3.93. The number of piperidine rings is 1. The predicted molar refractivity (Wildman–Crippen MR) is 129 cm³/mol. The van der Waals surface area contributed by atoms with Gasteiger partial charge in [0, 0.05) is 13.1 Å². The Kier molecular flexibility index (Phi) is 8.17. The van der Waals surface area contributed by atoms with Gasteiger partial charge in [0.05, 0.1) is 30.9 Å². The summed E-state index contributed by atoms with van der Waals surface area (Å²) in [6, 6.07) is 14.6. The molecule has 7 heteroatoms. The number of amides is 1. The van der Waals surface area contributed by atoms with Crippen LogP contribution in [0.4, 0.5) is 4.79 Å². The van der Waals surface area contributed by atoms with E-state index in [9.17, 15) is 14.9 Å². The zero-order valence-electron chi connectivity index (χ0n) is 20.3. The molecule has 0 spiro atoms. The van der Waals surface area contributed by atoms with Gasteiger partial charge >= 0.3 is 12.1 Å². The molecule has 0 atom stereocenters. The minimum atomic E-state index is -0.491. The number of methoxy groups -OCH3 is 1. The fourth-order valence-electron chi connectivity index (χ4n) is 3.93. The molecule has 0 N–H and O–H groups in total. The highest BCUT2D eigenvalue weighted by atomic mass is 16.6. The van der Waals surface area contributed by atoms with Gasteiger partial charge in [-0.05, 0) is 87.4 Å². The summed E-state index contributed by atoms with van der Waals surface area (Å²) in [7, 11) is 1.34. The van der Waals surface area contributed by atoms with E-state index in [4.69, 9.17) is 14.2 Å². The number of rotatable bonds is 6. The molecule has 1 aliphatic heterocycles. The highest BCUT2D eigenvalue weighted by Gasteiger charge is 2.26. The molecule has 1 fully saturated rings. The lowest BCUT2D eigenvalue weighted by Crippen LogP contribution is -2.41. The monoisotopic (exact) mass is 464 g/mol. The van der Waals surface area contributed by atoms with Gasteiger partial charge in [-0.3, -0.25) is 0 Å². The first-order valence-corrected chi connectivity index (χ1v) is 11.5. The Morgan fingerprint density at radius 3 is 2.47 bits per heavy atom. The van der Waals surface area contributed by atoms with Gasteiger partial charge in [0.15, 0.2) is 0 Å². The van der Waals surface area contributed by atoms with Gasteiger partial charge < -0.3 is 19.1 Å². The van der Waals surface area contributed by atoms with E-state index >= 15 is 0 Å². The van der Waals surface area contributed by atoms with Gasteiger partial charge in [-0.1, -0.05) is 12.1 Å². The van der Waals surface area contributed by atoms with Crippen molar-refractivity contribution in [2.45, 2.75) is 45.6 Å². The van der Waals surface area contributed by atoms with Gasteiger partial charge in [0.25, 0.3) is 0 Å². The number of carbonyl (C=O) groups excluding carboxylic acids is 2. The first kappa shape index (κ1) is 25.1. The normalized spacial score (nSPS) is 14.3. The van der Waals surface area contributed by atoms with Crippen molar-refractivity contribution in [3.05, 3.63) is 53.6 Å². The molecule has 0 radical (unpaired) electrons. The Balaban J connectivity index is 1.61. The summed E-state index contributed by atoms with van der Waals surface area (Å²) in [5.74, 6) is 0.582. The van der Waals surface area contributed by atoms with Crippen LogP contribution < -0.4 is 4.74 Å². The molecule has 1 heterocycles. The van der Waals surface area contributed by atoms with E-state index in [-0.39, 0.29) is 6.09 Å². The molecular formula is C27H32N2O5. The lowest BCUT2D eigenvalue weighted by Gasteiger charge is -2.33. The van der Waals surface area contributed by atoms with Crippen molar-refractivity contribution in [3.8, 4) is 22.9 Å². The van der Waals surface area contributed by atoms with Crippen molar-refractivity contribution < 1.29 is 23.8 Å². The summed E-state index contributed by atoms with van der Waals surface area (Å²) in [6.07, 6.45) is 2.40. The Labute approximate surface area is 201 Å². The molecule has 3 rings (SSSR count). The topological polar surface area (TPSA) is 88.9 Å². The average Bonchev–Trinajstić information content (AvgIpc) is 2.82. The van der Waals surface area contributed by atoms with E-state index < -0.39 is 11.6 Å². The molecule has 0 aliphatic carbocycles. The van der Waals surface area contributed by atoms with E-state index in [1.165, 1.54) is 7.11 Å². The van der Waals surface area contributed by atoms with Gasteiger partial charge in [-0.15, -0.1) is 0 Å². The van der Waals surface area contributed by atoms with Crippen molar-refractivity contribution in [2.75, 3.05) is 26.8 Å². The summed E-state index contributed by atoms with van der Waals surface area (Å²) in [5.41, 5.74) is 2.05. The van der Waals surface area contributed by atoms with Crippen LogP contribution in [0.25, 0.3) is 11.1 Å². The summed E-state index contributed by atoms with van der Waals surface area (Å²) < 4.78 is 16.4. The van der Waals surface area contributed by atoms with Crippen molar-refractivity contribution >= 4 is 12.1 Å². The largest absolute Gasteiger partial charge is 0.494 e. The second kappa shape index (κ2) is 11.1. The molecule has 0 bridgehead atoms. The van der Waals surface area contributed by atoms with E-state index in [0.29, 0.717) is 42.5 Å². The van der Waals surface area contributed by atoms with Crippen LogP contribution in [0, 0.1) is 17.2 Å². The molecule has 0 unspecified atom stereocenters. The van der Waals surface area contributed by atoms with E-state index in [2.05, 4.69) is 6.07 Å². The zero-order chi connectivity index (χ0) is 24.7. The minimum absolute atomic E-state index is 0.255. The predicted octanol–water partition coefficient (Wildman–Crippen LogP) is 5.43. The SMILES string of the molecule is COC(=O)c1cc(OCCC2CCN(C(=O)OC(C)(C)C)CC2)cc(-c2cccc(C#N)c2)c1. The third kappa shape index (κ3) is 6.98. The van der Waals surface area contributed by atoms with Crippen LogP contribution in [0.2, 0.25) is 0 Å². The van der Waals surface area contributed by atoms with Crippen LogP contribution in [0.15, 0.2) is 42.5 Å².